The summed E-state index contributed by atoms with van der Waals surface area (Å²) in [6.07, 6.45) is 5.29. The van der Waals surface area contributed by atoms with E-state index in [9.17, 15) is 0 Å². The van der Waals surface area contributed by atoms with Crippen LogP contribution >= 0.6 is 0 Å². The number of rotatable bonds is 0. The maximum Gasteiger partial charge on any atom is 0.0128 e. The molecule has 0 aromatic rings. The maximum absolute atomic E-state index is 3.67. The fourth-order valence-corrected chi connectivity index (χ4v) is 3.54. The molecular weight excluding hydrogens is 268 g/mol. The van der Waals surface area contributed by atoms with Crippen molar-refractivity contribution in [3.63, 3.8) is 0 Å². The van der Waals surface area contributed by atoms with Gasteiger partial charge in [0.2, 0.25) is 0 Å². The normalized spacial score (nSPS) is 30.8. The first-order chi connectivity index (χ1) is 9.62. The van der Waals surface area contributed by atoms with E-state index in [0.717, 1.165) is 0 Å². The highest BCUT2D eigenvalue weighted by Crippen LogP contribution is 2.33. The summed E-state index contributed by atoms with van der Waals surface area (Å²) in [6.45, 7) is 23.0. The lowest BCUT2D eigenvalue weighted by atomic mass is 9.86. The first-order valence-electron chi connectivity index (χ1n) is 9.18. The Labute approximate surface area is 140 Å². The van der Waals surface area contributed by atoms with Crippen molar-refractivity contribution < 1.29 is 0 Å². The predicted octanol–water partition coefficient (Wildman–Crippen LogP) is 5.13. The molecule has 2 rings (SSSR count). The van der Waals surface area contributed by atoms with Gasteiger partial charge in [0.25, 0.3) is 0 Å². The molecule has 2 atom stereocenters. The molecule has 0 radical (unpaired) electrons. The molecule has 22 heavy (non-hydrogen) atoms. The van der Waals surface area contributed by atoms with Crippen LogP contribution in [0.1, 0.15) is 94.9 Å². The Morgan fingerprint density at radius 2 is 0.909 bits per heavy atom. The molecule has 2 aliphatic heterocycles. The molecular formula is C20H42N2. The minimum Gasteiger partial charge on any atom is -0.309 e. The molecule has 0 aliphatic carbocycles. The maximum atomic E-state index is 3.67. The number of nitrogens with one attached hydrogen (secondary N) is 2. The molecule has 2 N–H and O–H groups in total. The summed E-state index contributed by atoms with van der Waals surface area (Å²) < 4.78 is 0. The second kappa shape index (κ2) is 6.43. The van der Waals surface area contributed by atoms with E-state index in [2.05, 4.69) is 79.9 Å². The third kappa shape index (κ3) is 6.20. The third-order valence-electron chi connectivity index (χ3n) is 5.34. The Balaban J connectivity index is 0.000000220. The Hall–Kier alpha value is -0.0800. The van der Waals surface area contributed by atoms with Gasteiger partial charge >= 0.3 is 0 Å². The van der Waals surface area contributed by atoms with Crippen LogP contribution in [-0.2, 0) is 0 Å². The zero-order chi connectivity index (χ0) is 17.4. The van der Waals surface area contributed by atoms with E-state index in [4.69, 9.17) is 0 Å². The largest absolute Gasteiger partial charge is 0.309 e. The van der Waals surface area contributed by atoms with Crippen molar-refractivity contribution in [2.24, 2.45) is 10.8 Å². The zero-order valence-corrected chi connectivity index (χ0v) is 17.0. The summed E-state index contributed by atoms with van der Waals surface area (Å²) >= 11 is 0. The van der Waals surface area contributed by atoms with Crippen LogP contribution in [0.3, 0.4) is 0 Å². The molecule has 2 aliphatic rings. The van der Waals surface area contributed by atoms with Gasteiger partial charge in [0.1, 0.15) is 0 Å². The Kier molecular flexibility index (Phi) is 5.84. The van der Waals surface area contributed by atoms with Crippen LogP contribution in [0.4, 0.5) is 0 Å². The molecule has 0 aromatic heterocycles. The monoisotopic (exact) mass is 310 g/mol. The van der Waals surface area contributed by atoms with E-state index in [-0.39, 0.29) is 0 Å². The summed E-state index contributed by atoms with van der Waals surface area (Å²) in [6, 6.07) is 1.41. The van der Waals surface area contributed by atoms with E-state index in [1.165, 1.54) is 25.7 Å². The van der Waals surface area contributed by atoms with Crippen molar-refractivity contribution >= 4 is 0 Å². The minimum atomic E-state index is 0.373. The molecule has 2 fully saturated rings. The number of hydrogen-bond donors (Lipinski definition) is 2. The predicted molar refractivity (Wildman–Crippen MR) is 99.4 cm³/mol. The summed E-state index contributed by atoms with van der Waals surface area (Å²) in [5.74, 6) is 0. The molecule has 2 heteroatoms. The van der Waals surface area contributed by atoms with E-state index in [1.807, 2.05) is 0 Å². The molecule has 0 unspecified atom stereocenters. The molecule has 0 amide bonds. The van der Waals surface area contributed by atoms with E-state index >= 15 is 0 Å². The highest BCUT2D eigenvalue weighted by Gasteiger charge is 2.37. The molecule has 2 nitrogen and oxygen atoms in total. The van der Waals surface area contributed by atoms with Crippen molar-refractivity contribution in [1.82, 2.24) is 10.6 Å². The van der Waals surface area contributed by atoms with Crippen LogP contribution in [0, 0.1) is 10.8 Å². The fourth-order valence-electron chi connectivity index (χ4n) is 3.54. The average molecular weight is 311 g/mol. The first-order valence-corrected chi connectivity index (χ1v) is 9.18. The van der Waals surface area contributed by atoms with E-state index in [0.29, 0.717) is 34.0 Å². The molecule has 0 saturated carbocycles. The highest BCUT2D eigenvalue weighted by atomic mass is 15.0. The van der Waals surface area contributed by atoms with Gasteiger partial charge < -0.3 is 10.6 Å². The Morgan fingerprint density at radius 3 is 1.00 bits per heavy atom. The van der Waals surface area contributed by atoms with Gasteiger partial charge in [0.15, 0.2) is 0 Å². The van der Waals surface area contributed by atoms with Gasteiger partial charge in [-0.2, -0.15) is 0 Å². The molecule has 0 bridgehead atoms. The Morgan fingerprint density at radius 1 is 0.636 bits per heavy atom. The quantitative estimate of drug-likeness (QED) is 0.648. The SMILES string of the molecule is CC1(C)CC[C@@H](C(C)(C)C)N1.CC1(C)CC[C@H](C(C)(C)C)N1. The van der Waals surface area contributed by atoms with Gasteiger partial charge in [0, 0.05) is 23.2 Å². The third-order valence-corrected chi connectivity index (χ3v) is 5.34. The number of hydrogen-bond acceptors (Lipinski definition) is 2. The highest BCUT2D eigenvalue weighted by molar-refractivity contribution is 4.96. The van der Waals surface area contributed by atoms with Crippen LogP contribution in [-0.4, -0.2) is 23.2 Å². The summed E-state index contributed by atoms with van der Waals surface area (Å²) in [5, 5.41) is 7.34. The lowest BCUT2D eigenvalue weighted by Gasteiger charge is -2.30. The van der Waals surface area contributed by atoms with E-state index in [1.54, 1.807) is 0 Å². The minimum absolute atomic E-state index is 0.373. The molecule has 2 heterocycles. The molecule has 0 spiro atoms. The molecule has 0 aromatic carbocycles. The summed E-state index contributed by atoms with van der Waals surface area (Å²) in [5.41, 5.74) is 1.59. The second-order valence-corrected chi connectivity index (χ2v) is 11.0. The van der Waals surface area contributed by atoms with Gasteiger partial charge in [-0.15, -0.1) is 0 Å². The average Bonchev–Trinajstić information content (AvgIpc) is 2.80. The first kappa shape index (κ1) is 20.0. The van der Waals surface area contributed by atoms with Crippen molar-refractivity contribution in [2.75, 3.05) is 0 Å². The van der Waals surface area contributed by atoms with E-state index < -0.39 is 0 Å². The lowest BCUT2D eigenvalue weighted by molar-refractivity contribution is 0.271. The standard InChI is InChI=1S/2C10H21N/c2*1-9(2,3)8-6-7-10(4,5)11-8/h2*8,11H,6-7H2,1-5H3/t2*8-/m10/s1. The topological polar surface area (TPSA) is 24.1 Å². The van der Waals surface area contributed by atoms with Crippen LogP contribution in [0.5, 0.6) is 0 Å². The van der Waals surface area contributed by atoms with Crippen molar-refractivity contribution in [3.8, 4) is 0 Å². The van der Waals surface area contributed by atoms with Gasteiger partial charge in [-0.05, 0) is 64.2 Å². The summed E-state index contributed by atoms with van der Waals surface area (Å²) in [4.78, 5) is 0. The second-order valence-electron chi connectivity index (χ2n) is 11.0. The zero-order valence-electron chi connectivity index (χ0n) is 17.0. The van der Waals surface area contributed by atoms with Gasteiger partial charge in [0.05, 0.1) is 0 Å². The Bertz CT molecular complexity index is 319. The fraction of sp³-hybridized carbons (Fsp3) is 1.00. The molecule has 2 saturated heterocycles. The van der Waals surface area contributed by atoms with Gasteiger partial charge in [-0.1, -0.05) is 41.5 Å². The van der Waals surface area contributed by atoms with Crippen LogP contribution in [0.2, 0.25) is 0 Å². The summed E-state index contributed by atoms with van der Waals surface area (Å²) in [7, 11) is 0. The van der Waals surface area contributed by atoms with Crippen LogP contribution in [0.15, 0.2) is 0 Å². The van der Waals surface area contributed by atoms with Gasteiger partial charge in [-0.25, -0.2) is 0 Å². The van der Waals surface area contributed by atoms with Crippen molar-refractivity contribution in [3.05, 3.63) is 0 Å². The lowest BCUT2D eigenvalue weighted by Crippen LogP contribution is -2.43. The smallest absolute Gasteiger partial charge is 0.0128 e. The molecule has 132 valence electrons. The van der Waals surface area contributed by atoms with Crippen molar-refractivity contribution in [2.45, 2.75) is 118 Å². The van der Waals surface area contributed by atoms with Crippen LogP contribution < -0.4 is 10.6 Å². The van der Waals surface area contributed by atoms with Crippen LogP contribution in [0.25, 0.3) is 0 Å². The van der Waals surface area contributed by atoms with Gasteiger partial charge in [-0.3, -0.25) is 0 Å². The van der Waals surface area contributed by atoms with Crippen molar-refractivity contribution in [1.29, 1.82) is 0 Å².